The second kappa shape index (κ2) is 6.54. The summed E-state index contributed by atoms with van der Waals surface area (Å²) in [4.78, 5) is 0. The summed E-state index contributed by atoms with van der Waals surface area (Å²) in [6.45, 7) is 4.84. The third-order valence-electron chi connectivity index (χ3n) is 5.74. The molecule has 0 bridgehead atoms. The van der Waals surface area contributed by atoms with Crippen LogP contribution in [0.4, 0.5) is 0 Å². The fourth-order valence-electron chi connectivity index (χ4n) is 4.51. The zero-order chi connectivity index (χ0) is 15.7. The summed E-state index contributed by atoms with van der Waals surface area (Å²) < 4.78 is 12.0. The van der Waals surface area contributed by atoms with Crippen LogP contribution in [0.15, 0.2) is 18.2 Å². The minimum atomic E-state index is 0.0254. The van der Waals surface area contributed by atoms with Gasteiger partial charge in [-0.05, 0) is 62.1 Å². The Balaban J connectivity index is 1.26. The molecule has 1 aliphatic carbocycles. The second-order valence-electron chi connectivity index (χ2n) is 7.73. The van der Waals surface area contributed by atoms with Crippen LogP contribution in [-0.4, -0.2) is 31.0 Å². The molecule has 0 aromatic heterocycles. The Bertz CT molecular complexity index is 559. The SMILES string of the molecule is CC1CC2(CCC(CNCc3ccc4c(c3)CCCC4)O2)CO1. The van der Waals surface area contributed by atoms with Crippen molar-refractivity contribution in [3.63, 3.8) is 0 Å². The van der Waals surface area contributed by atoms with Gasteiger partial charge in [-0.25, -0.2) is 0 Å². The van der Waals surface area contributed by atoms with Crippen LogP contribution in [0.2, 0.25) is 0 Å². The van der Waals surface area contributed by atoms with E-state index >= 15 is 0 Å². The zero-order valence-electron chi connectivity index (χ0n) is 14.3. The first-order valence-corrected chi connectivity index (χ1v) is 9.33. The minimum absolute atomic E-state index is 0.0254. The molecule has 1 aromatic carbocycles. The molecule has 3 unspecified atom stereocenters. The molecular formula is C20H29NO2. The Hall–Kier alpha value is -0.900. The Morgan fingerprint density at radius 1 is 1.22 bits per heavy atom. The van der Waals surface area contributed by atoms with E-state index in [1.54, 1.807) is 11.1 Å². The Morgan fingerprint density at radius 3 is 2.91 bits per heavy atom. The highest BCUT2D eigenvalue weighted by Gasteiger charge is 2.45. The van der Waals surface area contributed by atoms with Crippen LogP contribution >= 0.6 is 0 Å². The van der Waals surface area contributed by atoms with Gasteiger partial charge in [0.2, 0.25) is 0 Å². The Kier molecular flexibility index (Phi) is 4.44. The van der Waals surface area contributed by atoms with Gasteiger partial charge in [0.15, 0.2) is 0 Å². The van der Waals surface area contributed by atoms with Crippen molar-refractivity contribution in [2.24, 2.45) is 0 Å². The van der Waals surface area contributed by atoms with Crippen molar-refractivity contribution in [1.29, 1.82) is 0 Å². The second-order valence-corrected chi connectivity index (χ2v) is 7.73. The average Bonchev–Trinajstić information content (AvgIpc) is 3.13. The molecular weight excluding hydrogens is 286 g/mol. The summed E-state index contributed by atoms with van der Waals surface area (Å²) >= 11 is 0. The fraction of sp³-hybridized carbons (Fsp3) is 0.700. The van der Waals surface area contributed by atoms with E-state index in [0.717, 1.165) is 39.0 Å². The van der Waals surface area contributed by atoms with Crippen LogP contribution in [-0.2, 0) is 28.9 Å². The lowest BCUT2D eigenvalue weighted by Gasteiger charge is -2.22. The largest absolute Gasteiger partial charge is 0.375 e. The predicted octanol–water partition coefficient (Wildman–Crippen LogP) is 3.38. The lowest BCUT2D eigenvalue weighted by atomic mass is 9.90. The molecule has 2 aliphatic heterocycles. The van der Waals surface area contributed by atoms with Gasteiger partial charge in [0.1, 0.15) is 0 Å². The van der Waals surface area contributed by atoms with Gasteiger partial charge >= 0.3 is 0 Å². The molecule has 2 saturated heterocycles. The molecule has 1 N–H and O–H groups in total. The molecule has 2 fully saturated rings. The monoisotopic (exact) mass is 315 g/mol. The molecule has 0 radical (unpaired) electrons. The van der Waals surface area contributed by atoms with E-state index in [1.165, 1.54) is 31.2 Å². The van der Waals surface area contributed by atoms with Crippen molar-refractivity contribution >= 4 is 0 Å². The van der Waals surface area contributed by atoms with Crippen LogP contribution < -0.4 is 5.32 Å². The summed E-state index contributed by atoms with van der Waals surface area (Å²) in [7, 11) is 0. The smallest absolute Gasteiger partial charge is 0.0944 e. The standard InChI is InChI=1S/C20H29NO2/c1-15-11-20(14-22-15)9-8-19(23-20)13-21-12-16-6-7-17-4-2-3-5-18(17)10-16/h6-7,10,15,19,21H,2-5,8-9,11-14H2,1H3. The molecule has 1 aromatic rings. The summed E-state index contributed by atoms with van der Waals surface area (Å²) in [5.74, 6) is 0. The molecule has 2 heterocycles. The summed E-state index contributed by atoms with van der Waals surface area (Å²) in [6.07, 6.45) is 9.32. The number of aryl methyl sites for hydroxylation is 2. The number of ether oxygens (including phenoxy) is 2. The van der Waals surface area contributed by atoms with Crippen LogP contribution in [0.25, 0.3) is 0 Å². The summed E-state index contributed by atoms with van der Waals surface area (Å²) in [5, 5.41) is 3.60. The molecule has 3 atom stereocenters. The number of nitrogens with one attached hydrogen (secondary N) is 1. The topological polar surface area (TPSA) is 30.5 Å². The molecule has 4 rings (SSSR count). The fourth-order valence-corrected chi connectivity index (χ4v) is 4.51. The van der Waals surface area contributed by atoms with Crippen molar-refractivity contribution in [2.75, 3.05) is 13.2 Å². The van der Waals surface area contributed by atoms with Gasteiger partial charge in [0.05, 0.1) is 24.4 Å². The maximum Gasteiger partial charge on any atom is 0.0944 e. The van der Waals surface area contributed by atoms with Crippen molar-refractivity contribution in [1.82, 2.24) is 5.32 Å². The van der Waals surface area contributed by atoms with E-state index in [1.807, 2.05) is 0 Å². The zero-order valence-corrected chi connectivity index (χ0v) is 14.3. The lowest BCUT2D eigenvalue weighted by molar-refractivity contribution is -0.0439. The lowest BCUT2D eigenvalue weighted by Crippen LogP contribution is -2.33. The molecule has 0 amide bonds. The van der Waals surface area contributed by atoms with Gasteiger partial charge in [-0.2, -0.15) is 0 Å². The van der Waals surface area contributed by atoms with E-state index < -0.39 is 0 Å². The maximum atomic E-state index is 6.32. The third-order valence-corrected chi connectivity index (χ3v) is 5.74. The van der Waals surface area contributed by atoms with E-state index in [0.29, 0.717) is 12.2 Å². The quantitative estimate of drug-likeness (QED) is 0.924. The highest BCUT2D eigenvalue weighted by atomic mass is 16.6. The molecule has 1 spiro atoms. The minimum Gasteiger partial charge on any atom is -0.375 e. The number of rotatable bonds is 4. The van der Waals surface area contributed by atoms with E-state index in [-0.39, 0.29) is 5.60 Å². The van der Waals surface area contributed by atoms with Crippen molar-refractivity contribution in [3.8, 4) is 0 Å². The maximum absolute atomic E-state index is 6.32. The predicted molar refractivity (Wildman–Crippen MR) is 91.7 cm³/mol. The molecule has 23 heavy (non-hydrogen) atoms. The molecule has 126 valence electrons. The normalized spacial score (nSPS) is 33.3. The van der Waals surface area contributed by atoms with Gasteiger partial charge in [0.25, 0.3) is 0 Å². The van der Waals surface area contributed by atoms with Crippen LogP contribution in [0, 0.1) is 0 Å². The highest BCUT2D eigenvalue weighted by molar-refractivity contribution is 5.33. The molecule has 3 nitrogen and oxygen atoms in total. The van der Waals surface area contributed by atoms with E-state index in [9.17, 15) is 0 Å². The molecule has 3 heteroatoms. The van der Waals surface area contributed by atoms with Gasteiger partial charge in [-0.3, -0.25) is 0 Å². The summed E-state index contributed by atoms with van der Waals surface area (Å²) in [6, 6.07) is 7.04. The van der Waals surface area contributed by atoms with Gasteiger partial charge in [-0.1, -0.05) is 18.2 Å². The van der Waals surface area contributed by atoms with Gasteiger partial charge in [-0.15, -0.1) is 0 Å². The third kappa shape index (κ3) is 3.47. The Labute approximate surface area is 139 Å². The Morgan fingerprint density at radius 2 is 2.09 bits per heavy atom. The molecule has 0 saturated carbocycles. The van der Waals surface area contributed by atoms with E-state index in [2.05, 4.69) is 30.4 Å². The first-order valence-electron chi connectivity index (χ1n) is 9.33. The highest BCUT2D eigenvalue weighted by Crippen LogP contribution is 2.39. The van der Waals surface area contributed by atoms with Crippen LogP contribution in [0.5, 0.6) is 0 Å². The van der Waals surface area contributed by atoms with Crippen LogP contribution in [0.3, 0.4) is 0 Å². The number of hydrogen-bond donors (Lipinski definition) is 1. The number of hydrogen-bond acceptors (Lipinski definition) is 3. The number of fused-ring (bicyclic) bond motifs is 1. The van der Waals surface area contributed by atoms with Crippen molar-refractivity contribution in [3.05, 3.63) is 34.9 Å². The molecule has 3 aliphatic rings. The number of benzene rings is 1. The first kappa shape index (κ1) is 15.6. The van der Waals surface area contributed by atoms with Crippen LogP contribution in [0.1, 0.15) is 55.7 Å². The van der Waals surface area contributed by atoms with Crippen molar-refractivity contribution in [2.45, 2.75) is 76.2 Å². The van der Waals surface area contributed by atoms with Gasteiger partial charge < -0.3 is 14.8 Å². The first-order chi connectivity index (χ1) is 11.2. The van der Waals surface area contributed by atoms with Crippen molar-refractivity contribution < 1.29 is 9.47 Å². The van der Waals surface area contributed by atoms with E-state index in [4.69, 9.17) is 9.47 Å². The van der Waals surface area contributed by atoms with Gasteiger partial charge in [0, 0.05) is 19.5 Å². The average molecular weight is 315 g/mol. The summed E-state index contributed by atoms with van der Waals surface area (Å²) in [5.41, 5.74) is 4.58.